The van der Waals surface area contributed by atoms with E-state index in [1.807, 2.05) is 31.2 Å². The number of rotatable bonds is 3. The van der Waals surface area contributed by atoms with Gasteiger partial charge in [0.15, 0.2) is 0 Å². The maximum absolute atomic E-state index is 11.5. The minimum Gasteiger partial charge on any atom is -0.320 e. The lowest BCUT2D eigenvalue weighted by molar-refractivity contribution is -0.111. The van der Waals surface area contributed by atoms with Gasteiger partial charge in [-0.2, -0.15) is 5.10 Å². The standard InChI is InChI=1S/C13H13N3O/c1-10-2-4-11(5-3-10)6-7-13(17)16-12-8-14-15-9-12/h2-9H,1H3,(H,14,15)(H,16,17)/b7-6+. The summed E-state index contributed by atoms with van der Waals surface area (Å²) in [5.41, 5.74) is 2.85. The summed E-state index contributed by atoms with van der Waals surface area (Å²) in [6.07, 6.45) is 6.45. The van der Waals surface area contributed by atoms with E-state index in [4.69, 9.17) is 0 Å². The Labute approximate surface area is 99.4 Å². The number of carbonyl (C=O) groups excluding carboxylic acids is 1. The normalized spacial score (nSPS) is 10.6. The number of amides is 1. The molecule has 0 bridgehead atoms. The highest BCUT2D eigenvalue weighted by molar-refractivity contribution is 6.01. The SMILES string of the molecule is Cc1ccc(/C=C/C(=O)Nc2cn[nH]c2)cc1. The Morgan fingerprint density at radius 1 is 1.35 bits per heavy atom. The third-order valence-electron chi connectivity index (χ3n) is 2.27. The van der Waals surface area contributed by atoms with Gasteiger partial charge >= 0.3 is 0 Å². The second-order valence-corrected chi connectivity index (χ2v) is 3.72. The van der Waals surface area contributed by atoms with Crippen LogP contribution in [0.25, 0.3) is 6.08 Å². The fourth-order valence-corrected chi connectivity index (χ4v) is 1.35. The van der Waals surface area contributed by atoms with Crippen LogP contribution in [-0.4, -0.2) is 16.1 Å². The molecule has 1 amide bonds. The predicted molar refractivity (Wildman–Crippen MR) is 67.4 cm³/mol. The van der Waals surface area contributed by atoms with Gasteiger partial charge in [0.25, 0.3) is 0 Å². The molecule has 0 atom stereocenters. The molecule has 17 heavy (non-hydrogen) atoms. The van der Waals surface area contributed by atoms with Crippen molar-refractivity contribution in [2.24, 2.45) is 0 Å². The highest BCUT2D eigenvalue weighted by Crippen LogP contribution is 2.06. The minimum atomic E-state index is -0.174. The molecule has 0 spiro atoms. The molecule has 0 radical (unpaired) electrons. The fourth-order valence-electron chi connectivity index (χ4n) is 1.35. The van der Waals surface area contributed by atoms with Gasteiger partial charge in [-0.25, -0.2) is 0 Å². The quantitative estimate of drug-likeness (QED) is 0.791. The average molecular weight is 227 g/mol. The lowest BCUT2D eigenvalue weighted by Crippen LogP contribution is -2.06. The van der Waals surface area contributed by atoms with Crippen molar-refractivity contribution in [3.63, 3.8) is 0 Å². The first kappa shape index (κ1) is 11.1. The van der Waals surface area contributed by atoms with Crippen LogP contribution in [-0.2, 0) is 4.79 Å². The molecule has 1 aromatic carbocycles. The zero-order valence-corrected chi connectivity index (χ0v) is 9.47. The highest BCUT2D eigenvalue weighted by atomic mass is 16.1. The first-order valence-corrected chi connectivity index (χ1v) is 5.28. The van der Waals surface area contributed by atoms with E-state index in [9.17, 15) is 4.79 Å². The number of anilines is 1. The van der Waals surface area contributed by atoms with E-state index in [-0.39, 0.29) is 5.91 Å². The van der Waals surface area contributed by atoms with Crippen LogP contribution < -0.4 is 5.32 Å². The zero-order valence-electron chi connectivity index (χ0n) is 9.47. The van der Waals surface area contributed by atoms with Gasteiger partial charge in [-0.3, -0.25) is 9.89 Å². The summed E-state index contributed by atoms with van der Waals surface area (Å²) >= 11 is 0. The monoisotopic (exact) mass is 227 g/mol. The molecule has 1 heterocycles. The molecule has 0 aliphatic carbocycles. The summed E-state index contributed by atoms with van der Waals surface area (Å²) in [6.45, 7) is 2.03. The molecule has 2 aromatic rings. The Hall–Kier alpha value is -2.36. The van der Waals surface area contributed by atoms with E-state index in [1.54, 1.807) is 18.5 Å². The number of aryl methyl sites for hydroxylation is 1. The van der Waals surface area contributed by atoms with Crippen molar-refractivity contribution in [2.45, 2.75) is 6.92 Å². The summed E-state index contributed by atoms with van der Waals surface area (Å²) in [4.78, 5) is 11.5. The number of aromatic nitrogens is 2. The van der Waals surface area contributed by atoms with Gasteiger partial charge in [-0.05, 0) is 18.6 Å². The maximum atomic E-state index is 11.5. The van der Waals surface area contributed by atoms with Crippen molar-refractivity contribution in [1.29, 1.82) is 0 Å². The van der Waals surface area contributed by atoms with Crippen LogP contribution in [0.3, 0.4) is 0 Å². The first-order chi connectivity index (χ1) is 8.24. The molecule has 0 fully saturated rings. The Kier molecular flexibility index (Phi) is 3.35. The molecule has 0 saturated heterocycles. The van der Waals surface area contributed by atoms with E-state index < -0.39 is 0 Å². The Balaban J connectivity index is 1.96. The van der Waals surface area contributed by atoms with Crippen LogP contribution in [0.4, 0.5) is 5.69 Å². The third kappa shape index (κ3) is 3.31. The lowest BCUT2D eigenvalue weighted by atomic mass is 10.1. The number of hydrogen-bond donors (Lipinski definition) is 2. The molecule has 1 aromatic heterocycles. The van der Waals surface area contributed by atoms with E-state index in [0.717, 1.165) is 5.56 Å². The van der Waals surface area contributed by atoms with Crippen molar-refractivity contribution in [3.8, 4) is 0 Å². The summed E-state index contributed by atoms with van der Waals surface area (Å²) in [5, 5.41) is 9.05. The molecule has 2 N–H and O–H groups in total. The minimum absolute atomic E-state index is 0.174. The van der Waals surface area contributed by atoms with Gasteiger partial charge < -0.3 is 5.32 Å². The van der Waals surface area contributed by atoms with E-state index in [0.29, 0.717) is 5.69 Å². The maximum Gasteiger partial charge on any atom is 0.248 e. The molecule has 0 aliphatic rings. The van der Waals surface area contributed by atoms with Crippen LogP contribution in [0.5, 0.6) is 0 Å². The van der Waals surface area contributed by atoms with Crippen molar-refractivity contribution in [2.75, 3.05) is 5.32 Å². The highest BCUT2D eigenvalue weighted by Gasteiger charge is 1.97. The smallest absolute Gasteiger partial charge is 0.248 e. The van der Waals surface area contributed by atoms with Gasteiger partial charge in [-0.1, -0.05) is 29.8 Å². The average Bonchev–Trinajstić information content (AvgIpc) is 2.81. The van der Waals surface area contributed by atoms with Crippen molar-refractivity contribution in [1.82, 2.24) is 10.2 Å². The Morgan fingerprint density at radius 2 is 2.12 bits per heavy atom. The fraction of sp³-hybridized carbons (Fsp3) is 0.0769. The van der Waals surface area contributed by atoms with Gasteiger partial charge in [0.05, 0.1) is 11.9 Å². The number of benzene rings is 1. The zero-order chi connectivity index (χ0) is 12.1. The molecular formula is C13H13N3O. The predicted octanol–water partition coefficient (Wildman–Crippen LogP) is 2.37. The van der Waals surface area contributed by atoms with Crippen molar-refractivity contribution in [3.05, 3.63) is 53.9 Å². The van der Waals surface area contributed by atoms with E-state index in [2.05, 4.69) is 15.5 Å². The van der Waals surface area contributed by atoms with Gasteiger partial charge in [-0.15, -0.1) is 0 Å². The molecular weight excluding hydrogens is 214 g/mol. The summed E-state index contributed by atoms with van der Waals surface area (Å²) < 4.78 is 0. The number of carbonyl (C=O) groups is 1. The Bertz CT molecular complexity index is 512. The second kappa shape index (κ2) is 5.12. The second-order valence-electron chi connectivity index (χ2n) is 3.72. The number of H-pyrrole nitrogens is 1. The molecule has 0 unspecified atom stereocenters. The van der Waals surface area contributed by atoms with Crippen LogP contribution in [0.2, 0.25) is 0 Å². The Morgan fingerprint density at radius 3 is 2.76 bits per heavy atom. The molecule has 0 aliphatic heterocycles. The summed E-state index contributed by atoms with van der Waals surface area (Å²) in [7, 11) is 0. The largest absolute Gasteiger partial charge is 0.320 e. The van der Waals surface area contributed by atoms with Gasteiger partial charge in [0, 0.05) is 12.3 Å². The molecule has 86 valence electrons. The van der Waals surface area contributed by atoms with Crippen LogP contribution >= 0.6 is 0 Å². The number of nitrogens with zero attached hydrogens (tertiary/aromatic N) is 1. The third-order valence-corrected chi connectivity index (χ3v) is 2.27. The van der Waals surface area contributed by atoms with E-state index >= 15 is 0 Å². The summed E-state index contributed by atoms with van der Waals surface area (Å²) in [6, 6.07) is 7.95. The molecule has 2 rings (SSSR count). The number of hydrogen-bond acceptors (Lipinski definition) is 2. The molecule has 4 nitrogen and oxygen atoms in total. The van der Waals surface area contributed by atoms with Crippen molar-refractivity contribution < 1.29 is 4.79 Å². The number of nitrogens with one attached hydrogen (secondary N) is 2. The van der Waals surface area contributed by atoms with E-state index in [1.165, 1.54) is 11.6 Å². The molecule has 4 heteroatoms. The number of aromatic amines is 1. The first-order valence-electron chi connectivity index (χ1n) is 5.28. The topological polar surface area (TPSA) is 57.8 Å². The van der Waals surface area contributed by atoms with Gasteiger partial charge in [0.2, 0.25) is 5.91 Å². The van der Waals surface area contributed by atoms with Crippen LogP contribution in [0, 0.1) is 6.92 Å². The lowest BCUT2D eigenvalue weighted by Gasteiger charge is -1.97. The molecule has 0 saturated carbocycles. The van der Waals surface area contributed by atoms with Crippen LogP contribution in [0.1, 0.15) is 11.1 Å². The summed E-state index contributed by atoms with van der Waals surface area (Å²) in [5.74, 6) is -0.174. The van der Waals surface area contributed by atoms with Gasteiger partial charge in [0.1, 0.15) is 0 Å². The van der Waals surface area contributed by atoms with Crippen molar-refractivity contribution >= 4 is 17.7 Å². The van der Waals surface area contributed by atoms with Crippen LogP contribution in [0.15, 0.2) is 42.7 Å².